The van der Waals surface area contributed by atoms with Crippen LogP contribution in [0, 0.1) is 0 Å². The van der Waals surface area contributed by atoms with E-state index in [1.54, 1.807) is 0 Å². The van der Waals surface area contributed by atoms with Crippen LogP contribution in [-0.2, 0) is 14.7 Å². The van der Waals surface area contributed by atoms with Gasteiger partial charge in [0.25, 0.3) is 0 Å². The molecular formula is C8H18K2NaO7PS. The van der Waals surface area contributed by atoms with Gasteiger partial charge in [-0.1, -0.05) is 39.0 Å². The SMILES string of the molecule is CCCCCCCCS(=O)(=O)[O-].O=P([O-])([O-])O.[K+].[K+].[Na+]. The third-order valence-electron chi connectivity index (χ3n) is 1.75. The van der Waals surface area contributed by atoms with E-state index in [0.717, 1.165) is 19.3 Å². The first-order valence-electron chi connectivity index (χ1n) is 5.24. The van der Waals surface area contributed by atoms with Crippen LogP contribution in [-0.4, -0.2) is 23.6 Å². The van der Waals surface area contributed by atoms with Crippen molar-refractivity contribution in [2.24, 2.45) is 0 Å². The van der Waals surface area contributed by atoms with Crippen molar-refractivity contribution in [2.75, 3.05) is 5.75 Å². The molecular weight excluding hydrogens is 372 g/mol. The molecule has 12 heteroatoms. The van der Waals surface area contributed by atoms with Crippen LogP contribution in [0.1, 0.15) is 45.4 Å². The van der Waals surface area contributed by atoms with Gasteiger partial charge in [0.15, 0.2) is 0 Å². The summed E-state index contributed by atoms with van der Waals surface area (Å²) in [6.07, 6.45) is 5.96. The smallest absolute Gasteiger partial charge is 0.790 e. The second kappa shape index (κ2) is 21.3. The zero-order chi connectivity index (χ0) is 13.9. The first-order chi connectivity index (χ1) is 7.56. The van der Waals surface area contributed by atoms with Crippen molar-refractivity contribution in [1.29, 1.82) is 0 Å². The summed E-state index contributed by atoms with van der Waals surface area (Å²) in [5.41, 5.74) is 0. The van der Waals surface area contributed by atoms with E-state index in [0.29, 0.717) is 6.42 Å². The Morgan fingerprint density at radius 3 is 1.60 bits per heavy atom. The van der Waals surface area contributed by atoms with Crippen LogP contribution in [0.5, 0.6) is 0 Å². The van der Waals surface area contributed by atoms with E-state index in [2.05, 4.69) is 6.92 Å². The van der Waals surface area contributed by atoms with Gasteiger partial charge in [0.05, 0.1) is 17.9 Å². The Balaban J connectivity index is -0.0000000821. The van der Waals surface area contributed by atoms with Crippen molar-refractivity contribution in [2.45, 2.75) is 45.4 Å². The Bertz CT molecular complexity index is 315. The quantitative estimate of drug-likeness (QED) is 0.197. The van der Waals surface area contributed by atoms with Gasteiger partial charge in [-0.3, -0.25) is 0 Å². The van der Waals surface area contributed by atoms with E-state index in [1.807, 2.05) is 0 Å². The molecule has 0 aliphatic carbocycles. The topological polar surface area (TPSA) is 141 Å². The van der Waals surface area contributed by atoms with Crippen LogP contribution in [0.3, 0.4) is 0 Å². The molecule has 0 saturated heterocycles. The summed E-state index contributed by atoms with van der Waals surface area (Å²) < 4.78 is 39.2. The molecule has 0 unspecified atom stereocenters. The van der Waals surface area contributed by atoms with Crippen molar-refractivity contribution in [3.05, 3.63) is 0 Å². The summed E-state index contributed by atoms with van der Waals surface area (Å²) in [5.74, 6) is -0.195. The number of unbranched alkanes of at least 4 members (excludes halogenated alkanes) is 5. The van der Waals surface area contributed by atoms with Crippen LogP contribution >= 0.6 is 7.82 Å². The third kappa shape index (κ3) is 57.2. The predicted octanol–water partition coefficient (Wildman–Crippen LogP) is -9.29. The molecule has 0 spiro atoms. The molecule has 0 aromatic heterocycles. The fourth-order valence-corrected chi connectivity index (χ4v) is 1.62. The zero-order valence-electron chi connectivity index (χ0n) is 12.7. The number of hydrogen-bond donors (Lipinski definition) is 1. The first kappa shape index (κ1) is 35.4. The van der Waals surface area contributed by atoms with E-state index < -0.39 is 17.9 Å². The van der Waals surface area contributed by atoms with Crippen LogP contribution in [0.15, 0.2) is 0 Å². The van der Waals surface area contributed by atoms with Gasteiger partial charge in [0.2, 0.25) is 0 Å². The predicted molar refractivity (Wildman–Crippen MR) is 57.8 cm³/mol. The van der Waals surface area contributed by atoms with Crippen LogP contribution < -0.4 is 142 Å². The maximum atomic E-state index is 10.2. The molecule has 0 fully saturated rings. The summed E-state index contributed by atoms with van der Waals surface area (Å²) in [6.45, 7) is 2.13. The van der Waals surface area contributed by atoms with Gasteiger partial charge in [0, 0.05) is 5.75 Å². The van der Waals surface area contributed by atoms with E-state index in [-0.39, 0.29) is 138 Å². The molecule has 0 aromatic carbocycles. The number of phosphoric acid groups is 1. The molecule has 0 atom stereocenters. The molecule has 20 heavy (non-hydrogen) atoms. The molecule has 0 amide bonds. The molecule has 7 nitrogen and oxygen atoms in total. The molecule has 0 rings (SSSR count). The first-order valence-corrected chi connectivity index (χ1v) is 8.32. The van der Waals surface area contributed by atoms with Crippen molar-refractivity contribution >= 4 is 17.9 Å². The Labute approximate surface area is 228 Å². The van der Waals surface area contributed by atoms with E-state index in [4.69, 9.17) is 19.2 Å². The van der Waals surface area contributed by atoms with Gasteiger partial charge in [-0.15, -0.1) is 0 Å². The fraction of sp³-hybridized carbons (Fsp3) is 1.00. The average Bonchev–Trinajstić information content (AvgIpc) is 2.06. The molecule has 0 heterocycles. The van der Waals surface area contributed by atoms with Gasteiger partial charge >= 0.3 is 132 Å². The Hall–Kier alpha value is 4.29. The minimum absolute atomic E-state index is 0. The Morgan fingerprint density at radius 1 is 1.00 bits per heavy atom. The zero-order valence-corrected chi connectivity index (χ0v) is 22.7. The maximum absolute atomic E-state index is 10.2. The Morgan fingerprint density at radius 2 is 1.30 bits per heavy atom. The normalized spacial score (nSPS) is 10.1. The molecule has 0 aliphatic rings. The monoisotopic (exact) mass is 390 g/mol. The maximum Gasteiger partial charge on any atom is 1.00 e. The summed E-state index contributed by atoms with van der Waals surface area (Å²) in [5, 5.41) is 0. The fourth-order valence-electron chi connectivity index (χ4n) is 1.06. The van der Waals surface area contributed by atoms with E-state index in [9.17, 15) is 13.0 Å². The number of rotatable bonds is 7. The summed E-state index contributed by atoms with van der Waals surface area (Å²) in [7, 11) is -9.11. The van der Waals surface area contributed by atoms with Crippen molar-refractivity contribution in [3.63, 3.8) is 0 Å². The minimum atomic E-state index is -5.14. The van der Waals surface area contributed by atoms with Gasteiger partial charge in [-0.2, -0.15) is 0 Å². The minimum Gasteiger partial charge on any atom is -0.790 e. The van der Waals surface area contributed by atoms with Crippen LogP contribution in [0.4, 0.5) is 0 Å². The molecule has 0 saturated carbocycles. The average molecular weight is 390 g/mol. The van der Waals surface area contributed by atoms with Crippen molar-refractivity contribution in [1.82, 2.24) is 0 Å². The molecule has 0 aliphatic heterocycles. The molecule has 0 aromatic rings. The molecule has 1 N–H and O–H groups in total. The summed E-state index contributed by atoms with van der Waals surface area (Å²) in [6, 6.07) is 0. The molecule has 0 radical (unpaired) electrons. The second-order valence-corrected chi connectivity index (χ2v) is 5.96. The number of hydrogen-bond acceptors (Lipinski definition) is 6. The Kier molecular flexibility index (Phi) is 37.8. The summed E-state index contributed by atoms with van der Waals surface area (Å²) in [4.78, 5) is 24.3. The van der Waals surface area contributed by atoms with E-state index >= 15 is 0 Å². The van der Waals surface area contributed by atoms with E-state index in [1.165, 1.54) is 12.8 Å². The van der Waals surface area contributed by atoms with Gasteiger partial charge in [0.1, 0.15) is 0 Å². The van der Waals surface area contributed by atoms with Gasteiger partial charge in [-0.05, 0) is 6.42 Å². The largest absolute Gasteiger partial charge is 1.00 e. The van der Waals surface area contributed by atoms with Crippen LogP contribution in [0.2, 0.25) is 0 Å². The summed E-state index contributed by atoms with van der Waals surface area (Å²) >= 11 is 0. The van der Waals surface area contributed by atoms with Crippen molar-refractivity contribution in [3.8, 4) is 0 Å². The standard InChI is InChI=1S/C8H18O3S.2K.Na.H3O4P/c1-2-3-4-5-6-7-8-12(9,10)11;;;;1-5(2,3)4/h2-8H2,1H3,(H,9,10,11);;;;(H3,1,2,3,4)/q;3*+1;/p-3. The third-order valence-corrected chi connectivity index (χ3v) is 2.54. The second-order valence-electron chi connectivity index (χ2n) is 3.50. The van der Waals surface area contributed by atoms with Crippen LogP contribution in [0.25, 0.3) is 0 Å². The van der Waals surface area contributed by atoms with Gasteiger partial charge in [-0.25, -0.2) is 8.42 Å². The molecule has 0 bridgehead atoms. The van der Waals surface area contributed by atoms with Crippen molar-refractivity contribution < 1.29 is 165 Å². The van der Waals surface area contributed by atoms with Gasteiger partial charge < -0.3 is 23.8 Å². The molecule has 106 valence electrons.